The Morgan fingerprint density at radius 3 is 1.32 bits per heavy atom. The zero-order valence-corrected chi connectivity index (χ0v) is 21.1. The van der Waals surface area contributed by atoms with Gasteiger partial charge >= 0.3 is 0 Å². The van der Waals surface area contributed by atoms with Gasteiger partial charge in [-0.2, -0.15) is 0 Å². The van der Waals surface area contributed by atoms with Crippen LogP contribution in [0.2, 0.25) is 0 Å². The summed E-state index contributed by atoms with van der Waals surface area (Å²) < 4.78 is 0. The molecule has 0 atom stereocenters. The highest BCUT2D eigenvalue weighted by atomic mass is 16.6. The number of anilines is 4. The van der Waals surface area contributed by atoms with Gasteiger partial charge in [0.05, 0.1) is 15.5 Å². The molecule has 8 heteroatoms. The van der Waals surface area contributed by atoms with Crippen LogP contribution >= 0.6 is 0 Å². The standard InChI is InChI=1S/C32H22N4O4/c33-22-11-9-21(10-12-22)31-27-5-1-3-7-29(27)32(30-8-4-2-6-28(30)31)34(23-13-17-25(18-14-23)35(37)38)24-15-19-26(20-16-24)36(39)40/h1-20H,33H2. The second-order valence-corrected chi connectivity index (χ2v) is 9.32. The molecule has 0 unspecified atom stereocenters. The summed E-state index contributed by atoms with van der Waals surface area (Å²) in [6.45, 7) is 0. The van der Waals surface area contributed by atoms with E-state index in [0.717, 1.165) is 38.4 Å². The number of nitro benzene ring substituents is 2. The minimum Gasteiger partial charge on any atom is -0.399 e. The van der Waals surface area contributed by atoms with E-state index in [1.165, 1.54) is 24.3 Å². The SMILES string of the molecule is Nc1ccc(-c2c3ccccc3c(N(c3ccc([N+](=O)[O-])cc3)c3ccc([N+](=O)[O-])cc3)c3ccccc23)cc1. The molecule has 0 bridgehead atoms. The van der Waals surface area contributed by atoms with Crippen molar-refractivity contribution < 1.29 is 9.85 Å². The number of nitrogen functional groups attached to an aromatic ring is 1. The van der Waals surface area contributed by atoms with Crippen LogP contribution in [0, 0.1) is 20.2 Å². The lowest BCUT2D eigenvalue weighted by molar-refractivity contribution is -0.385. The molecule has 0 aliphatic heterocycles. The molecule has 2 N–H and O–H groups in total. The summed E-state index contributed by atoms with van der Waals surface area (Å²) in [5, 5.41) is 26.7. The van der Waals surface area contributed by atoms with Crippen LogP contribution in [0.25, 0.3) is 32.7 Å². The van der Waals surface area contributed by atoms with Crippen molar-refractivity contribution in [2.45, 2.75) is 0 Å². The lowest BCUT2D eigenvalue weighted by atomic mass is 9.90. The van der Waals surface area contributed by atoms with Crippen LogP contribution in [0.3, 0.4) is 0 Å². The molecule has 0 spiro atoms. The van der Waals surface area contributed by atoms with Crippen LogP contribution in [-0.4, -0.2) is 9.85 Å². The van der Waals surface area contributed by atoms with Crippen LogP contribution in [-0.2, 0) is 0 Å². The molecule has 0 amide bonds. The zero-order chi connectivity index (χ0) is 27.8. The van der Waals surface area contributed by atoms with Gasteiger partial charge in [0, 0.05) is 52.1 Å². The van der Waals surface area contributed by atoms with E-state index in [2.05, 4.69) is 12.1 Å². The summed E-state index contributed by atoms with van der Waals surface area (Å²) in [4.78, 5) is 23.9. The van der Waals surface area contributed by atoms with E-state index in [0.29, 0.717) is 17.1 Å². The van der Waals surface area contributed by atoms with E-state index < -0.39 is 9.85 Å². The summed E-state index contributed by atoms with van der Waals surface area (Å²) in [6, 6.07) is 36.5. The molecular weight excluding hydrogens is 504 g/mol. The Hall–Kier alpha value is -5.76. The molecule has 0 heterocycles. The maximum Gasteiger partial charge on any atom is 0.269 e. The van der Waals surface area contributed by atoms with Crippen molar-refractivity contribution in [1.82, 2.24) is 0 Å². The monoisotopic (exact) mass is 526 g/mol. The molecule has 0 radical (unpaired) electrons. The number of hydrogen-bond acceptors (Lipinski definition) is 6. The van der Waals surface area contributed by atoms with E-state index in [1.807, 2.05) is 65.6 Å². The second-order valence-electron chi connectivity index (χ2n) is 9.32. The Labute approximate surface area is 228 Å². The van der Waals surface area contributed by atoms with Gasteiger partial charge in [-0.15, -0.1) is 0 Å². The number of benzene rings is 6. The van der Waals surface area contributed by atoms with Crippen molar-refractivity contribution in [3.05, 3.63) is 142 Å². The number of nitrogens with two attached hydrogens (primary N) is 1. The first-order valence-corrected chi connectivity index (χ1v) is 12.5. The molecule has 6 aromatic carbocycles. The zero-order valence-electron chi connectivity index (χ0n) is 21.1. The maximum atomic E-state index is 11.4. The van der Waals surface area contributed by atoms with E-state index in [9.17, 15) is 20.2 Å². The Bertz CT molecular complexity index is 1790. The van der Waals surface area contributed by atoms with Crippen molar-refractivity contribution >= 4 is 55.7 Å². The smallest absolute Gasteiger partial charge is 0.269 e. The maximum absolute atomic E-state index is 11.4. The van der Waals surface area contributed by atoms with Crippen LogP contribution in [0.1, 0.15) is 0 Å². The molecule has 0 saturated carbocycles. The minimum absolute atomic E-state index is 0.0270. The molecule has 6 aromatic rings. The first kappa shape index (κ1) is 24.6. The van der Waals surface area contributed by atoms with Crippen molar-refractivity contribution in [3.63, 3.8) is 0 Å². The molecule has 0 aromatic heterocycles. The highest BCUT2D eigenvalue weighted by Crippen LogP contribution is 2.48. The average molecular weight is 527 g/mol. The fourth-order valence-corrected chi connectivity index (χ4v) is 5.16. The molecule has 40 heavy (non-hydrogen) atoms. The predicted molar refractivity (Wildman–Crippen MR) is 159 cm³/mol. The van der Waals surface area contributed by atoms with E-state index in [1.54, 1.807) is 24.3 Å². The second kappa shape index (κ2) is 9.85. The molecule has 0 fully saturated rings. The van der Waals surface area contributed by atoms with Crippen molar-refractivity contribution in [2.75, 3.05) is 10.6 Å². The third-order valence-electron chi connectivity index (χ3n) is 6.96. The first-order valence-electron chi connectivity index (χ1n) is 12.5. The van der Waals surface area contributed by atoms with Crippen LogP contribution in [0.4, 0.5) is 34.1 Å². The number of nitrogens with zero attached hydrogens (tertiary/aromatic N) is 3. The molecule has 0 aliphatic carbocycles. The number of hydrogen-bond donors (Lipinski definition) is 1. The Balaban J connectivity index is 1.71. The molecule has 8 nitrogen and oxygen atoms in total. The largest absolute Gasteiger partial charge is 0.399 e. The molecule has 0 saturated heterocycles. The van der Waals surface area contributed by atoms with Gasteiger partial charge in [0.15, 0.2) is 0 Å². The third kappa shape index (κ3) is 4.23. The number of nitro groups is 2. The number of non-ortho nitro benzene ring substituents is 2. The minimum atomic E-state index is -0.438. The fourth-order valence-electron chi connectivity index (χ4n) is 5.16. The van der Waals surface area contributed by atoms with Gasteiger partial charge < -0.3 is 10.6 Å². The highest BCUT2D eigenvalue weighted by Gasteiger charge is 2.23. The van der Waals surface area contributed by atoms with E-state index in [4.69, 9.17) is 5.73 Å². The number of rotatable bonds is 6. The van der Waals surface area contributed by atoms with Gasteiger partial charge in [-0.1, -0.05) is 60.7 Å². The van der Waals surface area contributed by atoms with Crippen molar-refractivity contribution in [3.8, 4) is 11.1 Å². The predicted octanol–water partition coefficient (Wildman–Crippen LogP) is 8.53. The Morgan fingerprint density at radius 2 is 0.925 bits per heavy atom. The normalized spacial score (nSPS) is 11.0. The molecule has 194 valence electrons. The van der Waals surface area contributed by atoms with Crippen LogP contribution < -0.4 is 10.6 Å². The van der Waals surface area contributed by atoms with Crippen molar-refractivity contribution in [2.24, 2.45) is 0 Å². The van der Waals surface area contributed by atoms with Gasteiger partial charge in [0.25, 0.3) is 11.4 Å². The van der Waals surface area contributed by atoms with Gasteiger partial charge in [0.1, 0.15) is 0 Å². The summed E-state index contributed by atoms with van der Waals surface area (Å²) >= 11 is 0. The molecule has 6 rings (SSSR count). The molecule has 0 aliphatic rings. The van der Waals surface area contributed by atoms with Gasteiger partial charge in [-0.3, -0.25) is 20.2 Å². The van der Waals surface area contributed by atoms with Crippen molar-refractivity contribution in [1.29, 1.82) is 0 Å². The molecular formula is C32H22N4O4. The summed E-state index contributed by atoms with van der Waals surface area (Å²) in [7, 11) is 0. The fraction of sp³-hybridized carbons (Fsp3) is 0. The Morgan fingerprint density at radius 1 is 0.525 bits per heavy atom. The Kier molecular flexibility index (Phi) is 6.05. The topological polar surface area (TPSA) is 116 Å². The van der Waals surface area contributed by atoms with Crippen LogP contribution in [0.15, 0.2) is 121 Å². The average Bonchev–Trinajstić information content (AvgIpc) is 2.98. The highest BCUT2D eigenvalue weighted by molar-refractivity contribution is 6.22. The van der Waals surface area contributed by atoms with Crippen LogP contribution in [0.5, 0.6) is 0 Å². The summed E-state index contributed by atoms with van der Waals surface area (Å²) in [5.74, 6) is 0. The third-order valence-corrected chi connectivity index (χ3v) is 6.96. The van der Waals surface area contributed by atoms with Gasteiger partial charge in [0.2, 0.25) is 0 Å². The summed E-state index contributed by atoms with van der Waals surface area (Å²) in [6.07, 6.45) is 0. The lowest BCUT2D eigenvalue weighted by Gasteiger charge is -2.29. The number of fused-ring (bicyclic) bond motifs is 2. The van der Waals surface area contributed by atoms with E-state index in [-0.39, 0.29) is 11.4 Å². The van der Waals surface area contributed by atoms with Gasteiger partial charge in [-0.25, -0.2) is 0 Å². The quantitative estimate of drug-likeness (QED) is 0.101. The summed E-state index contributed by atoms with van der Waals surface area (Å²) in [5.41, 5.74) is 10.9. The lowest BCUT2D eigenvalue weighted by Crippen LogP contribution is -2.11. The van der Waals surface area contributed by atoms with E-state index >= 15 is 0 Å². The van der Waals surface area contributed by atoms with Gasteiger partial charge in [-0.05, 0) is 58.3 Å². The first-order chi connectivity index (χ1) is 19.4.